The highest BCUT2D eigenvalue weighted by molar-refractivity contribution is 5.93. The van der Waals surface area contributed by atoms with Gasteiger partial charge in [0.15, 0.2) is 0 Å². The molecule has 2 rings (SSSR count). The quantitative estimate of drug-likeness (QED) is 0.895. The molecule has 1 amide bonds. The normalized spacial score (nSPS) is 10.5. The van der Waals surface area contributed by atoms with E-state index in [1.165, 1.54) is 0 Å². The Hall–Kier alpha value is -2.63. The molecule has 1 aromatic carbocycles. The van der Waals surface area contributed by atoms with Gasteiger partial charge in [0.1, 0.15) is 11.4 Å². The summed E-state index contributed by atoms with van der Waals surface area (Å²) in [5.74, 6) is 0.543. The van der Waals surface area contributed by atoms with Crippen LogP contribution in [0.1, 0.15) is 24.3 Å². The molecule has 0 atom stereocenters. The first kappa shape index (κ1) is 14.8. The number of carbonyl (C=O) groups is 1. The van der Waals surface area contributed by atoms with Crippen molar-refractivity contribution in [3.8, 4) is 17.0 Å². The number of nitrogens with one attached hydrogen (secondary N) is 1. The number of amides is 1. The second kappa shape index (κ2) is 6.21. The first-order chi connectivity index (χ1) is 9.99. The molecule has 0 aliphatic rings. The number of rotatable bonds is 4. The van der Waals surface area contributed by atoms with Crippen molar-refractivity contribution in [3.63, 3.8) is 0 Å². The van der Waals surface area contributed by atoms with Crippen molar-refractivity contribution >= 4 is 11.9 Å². The lowest BCUT2D eigenvalue weighted by atomic mass is 10.1. The summed E-state index contributed by atoms with van der Waals surface area (Å²) < 4.78 is 5.59. The number of anilines is 1. The van der Waals surface area contributed by atoms with Crippen molar-refractivity contribution < 1.29 is 9.53 Å². The molecule has 0 unspecified atom stereocenters. The van der Waals surface area contributed by atoms with E-state index in [0.717, 1.165) is 11.3 Å². The van der Waals surface area contributed by atoms with Crippen molar-refractivity contribution in [1.82, 2.24) is 15.3 Å². The lowest BCUT2D eigenvalue weighted by molar-refractivity contribution is 0.0958. The average Bonchev–Trinajstić information content (AvgIpc) is 2.46. The van der Waals surface area contributed by atoms with Gasteiger partial charge in [-0.2, -0.15) is 0 Å². The van der Waals surface area contributed by atoms with Gasteiger partial charge in [-0.25, -0.2) is 9.97 Å². The number of nitrogens with two attached hydrogens (primary N) is 1. The number of hydrogen-bond donors (Lipinski definition) is 2. The molecule has 0 radical (unpaired) electrons. The molecule has 2 aromatic rings. The summed E-state index contributed by atoms with van der Waals surface area (Å²) >= 11 is 0. The molecule has 21 heavy (non-hydrogen) atoms. The molecule has 6 nitrogen and oxygen atoms in total. The topological polar surface area (TPSA) is 90.1 Å². The summed E-state index contributed by atoms with van der Waals surface area (Å²) in [7, 11) is 1.54. The number of nitrogen functional groups attached to an aromatic ring is 1. The number of hydrogen-bond acceptors (Lipinski definition) is 5. The van der Waals surface area contributed by atoms with E-state index in [9.17, 15) is 4.79 Å². The fourth-order valence-corrected chi connectivity index (χ4v) is 1.83. The predicted octanol–water partition coefficient (Wildman–Crippen LogP) is 1.87. The van der Waals surface area contributed by atoms with E-state index in [-0.39, 0.29) is 23.7 Å². The lowest BCUT2D eigenvalue weighted by Crippen LogP contribution is -2.20. The van der Waals surface area contributed by atoms with E-state index >= 15 is 0 Å². The van der Waals surface area contributed by atoms with Gasteiger partial charge in [-0.3, -0.25) is 4.79 Å². The maximum Gasteiger partial charge on any atom is 0.269 e. The van der Waals surface area contributed by atoms with Gasteiger partial charge < -0.3 is 15.8 Å². The standard InChI is InChI=1S/C15H18N4O2/c1-9(2)21-11-6-4-10(5-7-11)12-8-13(14(20)17-3)19-15(16)18-12/h4-9H,1-3H3,(H,17,20)(H2,16,18,19). The van der Waals surface area contributed by atoms with Crippen LogP contribution in [0.15, 0.2) is 30.3 Å². The lowest BCUT2D eigenvalue weighted by Gasteiger charge is -2.10. The molecule has 3 N–H and O–H groups in total. The zero-order valence-electron chi connectivity index (χ0n) is 12.3. The van der Waals surface area contributed by atoms with Gasteiger partial charge in [-0.15, -0.1) is 0 Å². The van der Waals surface area contributed by atoms with Crippen LogP contribution in [-0.4, -0.2) is 29.0 Å². The average molecular weight is 286 g/mol. The third-order valence-electron chi connectivity index (χ3n) is 2.73. The Morgan fingerprint density at radius 3 is 2.48 bits per heavy atom. The number of aromatic nitrogens is 2. The Balaban J connectivity index is 2.33. The monoisotopic (exact) mass is 286 g/mol. The van der Waals surface area contributed by atoms with Crippen LogP contribution < -0.4 is 15.8 Å². The van der Waals surface area contributed by atoms with E-state index in [1.807, 2.05) is 38.1 Å². The van der Waals surface area contributed by atoms with Crippen LogP contribution in [-0.2, 0) is 0 Å². The van der Waals surface area contributed by atoms with Crippen LogP contribution in [0.2, 0.25) is 0 Å². The maximum atomic E-state index is 11.6. The first-order valence-electron chi connectivity index (χ1n) is 6.63. The Bertz CT molecular complexity index is 639. The summed E-state index contributed by atoms with van der Waals surface area (Å²) in [5, 5.41) is 2.51. The number of benzene rings is 1. The van der Waals surface area contributed by atoms with Crippen LogP contribution in [0.5, 0.6) is 5.75 Å². The van der Waals surface area contributed by atoms with Crippen LogP contribution in [0, 0.1) is 0 Å². The molecule has 0 aliphatic carbocycles. The minimum absolute atomic E-state index is 0.0635. The van der Waals surface area contributed by atoms with Crippen LogP contribution in [0.3, 0.4) is 0 Å². The Morgan fingerprint density at radius 1 is 1.24 bits per heavy atom. The van der Waals surface area contributed by atoms with Crippen molar-refractivity contribution in [2.45, 2.75) is 20.0 Å². The molecule has 6 heteroatoms. The third kappa shape index (κ3) is 3.68. The zero-order chi connectivity index (χ0) is 15.4. The van der Waals surface area contributed by atoms with Gasteiger partial charge in [0.05, 0.1) is 11.8 Å². The second-order valence-electron chi connectivity index (χ2n) is 4.77. The molecule has 0 saturated carbocycles. The molecular weight excluding hydrogens is 268 g/mol. The molecular formula is C15H18N4O2. The van der Waals surface area contributed by atoms with Gasteiger partial charge in [0, 0.05) is 12.6 Å². The summed E-state index contributed by atoms with van der Waals surface area (Å²) in [4.78, 5) is 19.7. The zero-order valence-corrected chi connectivity index (χ0v) is 12.3. The summed E-state index contributed by atoms with van der Waals surface area (Å²) in [6.45, 7) is 3.93. The molecule has 0 aliphatic heterocycles. The van der Waals surface area contributed by atoms with E-state index in [4.69, 9.17) is 10.5 Å². The Kier molecular flexibility index (Phi) is 4.37. The van der Waals surface area contributed by atoms with Crippen molar-refractivity contribution in [2.75, 3.05) is 12.8 Å². The van der Waals surface area contributed by atoms with E-state index in [0.29, 0.717) is 5.69 Å². The van der Waals surface area contributed by atoms with Gasteiger partial charge in [-0.05, 0) is 44.2 Å². The van der Waals surface area contributed by atoms with Crippen molar-refractivity contribution in [3.05, 3.63) is 36.0 Å². The van der Waals surface area contributed by atoms with Gasteiger partial charge in [0.25, 0.3) is 5.91 Å². The highest BCUT2D eigenvalue weighted by Gasteiger charge is 2.10. The van der Waals surface area contributed by atoms with Gasteiger partial charge in [-0.1, -0.05) is 0 Å². The minimum Gasteiger partial charge on any atom is -0.491 e. The Morgan fingerprint density at radius 2 is 1.90 bits per heavy atom. The highest BCUT2D eigenvalue weighted by atomic mass is 16.5. The smallest absolute Gasteiger partial charge is 0.269 e. The van der Waals surface area contributed by atoms with E-state index in [1.54, 1.807) is 13.1 Å². The van der Waals surface area contributed by atoms with Crippen LogP contribution >= 0.6 is 0 Å². The molecule has 1 aromatic heterocycles. The molecule has 110 valence electrons. The van der Waals surface area contributed by atoms with Crippen molar-refractivity contribution in [2.24, 2.45) is 0 Å². The van der Waals surface area contributed by atoms with Crippen molar-refractivity contribution in [1.29, 1.82) is 0 Å². The van der Waals surface area contributed by atoms with Gasteiger partial charge in [0.2, 0.25) is 5.95 Å². The fraction of sp³-hybridized carbons (Fsp3) is 0.267. The second-order valence-corrected chi connectivity index (χ2v) is 4.77. The largest absolute Gasteiger partial charge is 0.491 e. The van der Waals surface area contributed by atoms with Crippen LogP contribution in [0.4, 0.5) is 5.95 Å². The van der Waals surface area contributed by atoms with E-state index in [2.05, 4.69) is 15.3 Å². The van der Waals surface area contributed by atoms with Crippen LogP contribution in [0.25, 0.3) is 11.3 Å². The maximum absolute atomic E-state index is 11.6. The SMILES string of the molecule is CNC(=O)c1cc(-c2ccc(OC(C)C)cc2)nc(N)n1. The molecule has 0 fully saturated rings. The first-order valence-corrected chi connectivity index (χ1v) is 6.63. The number of carbonyl (C=O) groups excluding carboxylic acids is 1. The van der Waals surface area contributed by atoms with Gasteiger partial charge >= 0.3 is 0 Å². The fourth-order valence-electron chi connectivity index (χ4n) is 1.83. The third-order valence-corrected chi connectivity index (χ3v) is 2.73. The summed E-state index contributed by atoms with van der Waals surface area (Å²) in [6.07, 6.45) is 0.116. The molecule has 0 spiro atoms. The minimum atomic E-state index is -0.301. The number of nitrogens with zero attached hydrogens (tertiary/aromatic N) is 2. The van der Waals surface area contributed by atoms with E-state index < -0.39 is 0 Å². The highest BCUT2D eigenvalue weighted by Crippen LogP contribution is 2.22. The number of ether oxygens (including phenoxy) is 1. The molecule has 0 saturated heterocycles. The summed E-state index contributed by atoms with van der Waals surface area (Å²) in [6, 6.07) is 9.05. The predicted molar refractivity (Wildman–Crippen MR) is 81.0 cm³/mol. The molecule has 0 bridgehead atoms. The molecule has 1 heterocycles. The Labute approximate surface area is 123 Å². The summed E-state index contributed by atoms with van der Waals surface area (Å²) in [5.41, 5.74) is 7.33.